The zero-order chi connectivity index (χ0) is 10.7. The Morgan fingerprint density at radius 2 is 2.07 bits per heavy atom. The average Bonchev–Trinajstić information content (AvgIpc) is 3.10. The number of hydrogen-bond acceptors (Lipinski definition) is 1. The second-order valence-corrected chi connectivity index (χ2v) is 4.42. The smallest absolute Gasteiger partial charge is 0.0222 e. The van der Waals surface area contributed by atoms with E-state index in [0.717, 1.165) is 12.5 Å². The van der Waals surface area contributed by atoms with Crippen LogP contribution in [0, 0.1) is 0 Å². The lowest BCUT2D eigenvalue weighted by molar-refractivity contribution is 0.634. The van der Waals surface area contributed by atoms with Gasteiger partial charge in [0.25, 0.3) is 0 Å². The van der Waals surface area contributed by atoms with Crippen LogP contribution in [-0.4, -0.2) is 6.04 Å². The van der Waals surface area contributed by atoms with Crippen molar-refractivity contribution >= 4 is 0 Å². The molecule has 15 heavy (non-hydrogen) atoms. The van der Waals surface area contributed by atoms with Gasteiger partial charge in [0, 0.05) is 12.6 Å². The lowest BCUT2D eigenvalue weighted by atomic mass is 10.1. The van der Waals surface area contributed by atoms with Gasteiger partial charge in [0.05, 0.1) is 0 Å². The van der Waals surface area contributed by atoms with Gasteiger partial charge in [0.15, 0.2) is 0 Å². The predicted molar refractivity (Wildman–Crippen MR) is 64.9 cm³/mol. The molecule has 2 rings (SSSR count). The van der Waals surface area contributed by atoms with Crippen molar-refractivity contribution in [2.45, 2.75) is 38.3 Å². The second kappa shape index (κ2) is 4.63. The molecule has 80 valence electrons. The summed E-state index contributed by atoms with van der Waals surface area (Å²) in [6, 6.07) is 9.39. The molecule has 1 heteroatoms. The molecule has 1 saturated carbocycles. The molecule has 1 nitrogen and oxygen atoms in total. The van der Waals surface area contributed by atoms with Crippen molar-refractivity contribution in [3.05, 3.63) is 48.0 Å². The minimum Gasteiger partial charge on any atom is -0.307 e. The molecule has 0 aliphatic heterocycles. The third-order valence-corrected chi connectivity index (χ3v) is 3.01. The maximum atomic E-state index is 3.76. The normalized spacial score (nSPS) is 17.4. The van der Waals surface area contributed by atoms with E-state index >= 15 is 0 Å². The molecule has 0 heterocycles. The molecule has 0 aromatic heterocycles. The molecule has 0 saturated heterocycles. The maximum Gasteiger partial charge on any atom is 0.0222 e. The molecular formula is C14H19N. The topological polar surface area (TPSA) is 12.0 Å². The van der Waals surface area contributed by atoms with Gasteiger partial charge in [0.2, 0.25) is 0 Å². The van der Waals surface area contributed by atoms with E-state index in [4.69, 9.17) is 0 Å². The molecule has 1 N–H and O–H groups in total. The summed E-state index contributed by atoms with van der Waals surface area (Å²) in [5.74, 6) is 0.860. The Bertz CT molecular complexity index is 322. The summed E-state index contributed by atoms with van der Waals surface area (Å²) in [4.78, 5) is 0. The third kappa shape index (κ3) is 2.93. The Kier molecular flexibility index (Phi) is 3.22. The fraction of sp³-hybridized carbons (Fsp3) is 0.429. The van der Waals surface area contributed by atoms with E-state index in [-0.39, 0.29) is 0 Å². The summed E-state index contributed by atoms with van der Waals surface area (Å²) in [5, 5.41) is 3.39. The quantitative estimate of drug-likeness (QED) is 0.721. The van der Waals surface area contributed by atoms with Crippen molar-refractivity contribution in [1.29, 1.82) is 0 Å². The van der Waals surface area contributed by atoms with E-state index in [2.05, 4.69) is 43.1 Å². The summed E-state index contributed by atoms with van der Waals surface area (Å²) >= 11 is 0. The highest BCUT2D eigenvalue weighted by atomic mass is 14.9. The van der Waals surface area contributed by atoms with Crippen molar-refractivity contribution in [1.82, 2.24) is 5.32 Å². The molecule has 0 spiro atoms. The molecule has 0 bridgehead atoms. The molecule has 1 aromatic rings. The SMILES string of the molecule is C=CC(C)NCc1ccc(C2CC2)cc1. The average molecular weight is 201 g/mol. The van der Waals surface area contributed by atoms with Crippen LogP contribution in [0.1, 0.15) is 36.8 Å². The van der Waals surface area contributed by atoms with Gasteiger partial charge in [-0.15, -0.1) is 6.58 Å². The highest BCUT2D eigenvalue weighted by molar-refractivity contribution is 5.28. The van der Waals surface area contributed by atoms with Crippen LogP contribution in [0.5, 0.6) is 0 Å². The van der Waals surface area contributed by atoms with Crippen LogP contribution in [0.3, 0.4) is 0 Å². The third-order valence-electron chi connectivity index (χ3n) is 3.01. The monoisotopic (exact) mass is 201 g/mol. The minimum atomic E-state index is 0.383. The van der Waals surface area contributed by atoms with Crippen molar-refractivity contribution in [2.24, 2.45) is 0 Å². The Morgan fingerprint density at radius 3 is 2.60 bits per heavy atom. The Morgan fingerprint density at radius 1 is 1.40 bits per heavy atom. The molecule has 1 atom stereocenters. The molecule has 1 aliphatic carbocycles. The van der Waals surface area contributed by atoms with Crippen molar-refractivity contribution in [2.75, 3.05) is 0 Å². The van der Waals surface area contributed by atoms with Crippen LogP contribution >= 0.6 is 0 Å². The first-order valence-electron chi connectivity index (χ1n) is 5.74. The highest BCUT2D eigenvalue weighted by Gasteiger charge is 2.22. The maximum absolute atomic E-state index is 3.76. The molecule has 1 aliphatic rings. The number of rotatable bonds is 5. The van der Waals surface area contributed by atoms with Gasteiger partial charge < -0.3 is 5.32 Å². The van der Waals surface area contributed by atoms with Gasteiger partial charge in [-0.2, -0.15) is 0 Å². The zero-order valence-electron chi connectivity index (χ0n) is 9.37. The number of benzene rings is 1. The fourth-order valence-electron chi connectivity index (χ4n) is 1.69. The first-order valence-corrected chi connectivity index (χ1v) is 5.74. The largest absolute Gasteiger partial charge is 0.307 e. The van der Waals surface area contributed by atoms with E-state index in [1.165, 1.54) is 24.0 Å². The first kappa shape index (κ1) is 10.4. The first-order chi connectivity index (χ1) is 7.29. The van der Waals surface area contributed by atoms with Crippen molar-refractivity contribution in [3.8, 4) is 0 Å². The Balaban J connectivity index is 1.89. The van der Waals surface area contributed by atoms with Crippen LogP contribution in [0.4, 0.5) is 0 Å². The van der Waals surface area contributed by atoms with Gasteiger partial charge in [-0.3, -0.25) is 0 Å². The predicted octanol–water partition coefficient (Wildman–Crippen LogP) is 3.23. The van der Waals surface area contributed by atoms with E-state index in [1.54, 1.807) is 0 Å². The van der Waals surface area contributed by atoms with E-state index in [0.29, 0.717) is 6.04 Å². The summed E-state index contributed by atoms with van der Waals surface area (Å²) in [5.41, 5.74) is 2.86. The summed E-state index contributed by atoms with van der Waals surface area (Å²) in [6.07, 6.45) is 4.69. The lowest BCUT2D eigenvalue weighted by Crippen LogP contribution is -2.22. The Labute approximate surface area is 92.2 Å². The van der Waals surface area contributed by atoms with Crippen LogP contribution in [-0.2, 0) is 6.54 Å². The minimum absolute atomic E-state index is 0.383. The van der Waals surface area contributed by atoms with Gasteiger partial charge in [-0.1, -0.05) is 30.3 Å². The molecule has 0 amide bonds. The molecule has 0 radical (unpaired) electrons. The number of hydrogen-bond donors (Lipinski definition) is 1. The van der Waals surface area contributed by atoms with Gasteiger partial charge >= 0.3 is 0 Å². The highest BCUT2D eigenvalue weighted by Crippen LogP contribution is 2.39. The van der Waals surface area contributed by atoms with E-state index in [9.17, 15) is 0 Å². The van der Waals surface area contributed by atoms with Crippen LogP contribution < -0.4 is 5.32 Å². The van der Waals surface area contributed by atoms with Crippen LogP contribution in [0.25, 0.3) is 0 Å². The van der Waals surface area contributed by atoms with Gasteiger partial charge in [-0.05, 0) is 36.8 Å². The molecule has 1 aromatic carbocycles. The van der Waals surface area contributed by atoms with Crippen LogP contribution in [0.2, 0.25) is 0 Å². The zero-order valence-corrected chi connectivity index (χ0v) is 9.37. The van der Waals surface area contributed by atoms with Gasteiger partial charge in [0.1, 0.15) is 0 Å². The standard InChI is InChI=1S/C14H19N/c1-3-11(2)15-10-12-4-6-13(7-5-12)14-8-9-14/h3-7,11,14-15H,1,8-10H2,2H3. The van der Waals surface area contributed by atoms with E-state index < -0.39 is 0 Å². The van der Waals surface area contributed by atoms with Crippen LogP contribution in [0.15, 0.2) is 36.9 Å². The fourth-order valence-corrected chi connectivity index (χ4v) is 1.69. The van der Waals surface area contributed by atoms with Gasteiger partial charge in [-0.25, -0.2) is 0 Å². The number of nitrogens with one attached hydrogen (secondary N) is 1. The molecule has 1 fully saturated rings. The van der Waals surface area contributed by atoms with E-state index in [1.807, 2.05) is 6.08 Å². The lowest BCUT2D eigenvalue weighted by Gasteiger charge is -2.09. The summed E-state index contributed by atoms with van der Waals surface area (Å²) in [6.45, 7) is 6.80. The molecule has 1 unspecified atom stereocenters. The second-order valence-electron chi connectivity index (χ2n) is 4.42. The van der Waals surface area contributed by atoms with Crippen molar-refractivity contribution in [3.63, 3.8) is 0 Å². The summed E-state index contributed by atoms with van der Waals surface area (Å²) < 4.78 is 0. The van der Waals surface area contributed by atoms with Crippen molar-refractivity contribution < 1.29 is 0 Å². The Hall–Kier alpha value is -1.08. The molecular weight excluding hydrogens is 182 g/mol. The summed E-state index contributed by atoms with van der Waals surface area (Å²) in [7, 11) is 0.